The molecule has 1 fully saturated rings. The fourth-order valence-corrected chi connectivity index (χ4v) is 1.94. The van der Waals surface area contributed by atoms with Crippen molar-refractivity contribution in [2.75, 3.05) is 18.0 Å². The zero-order valence-corrected chi connectivity index (χ0v) is 9.18. The van der Waals surface area contributed by atoms with Crippen molar-refractivity contribution in [3.63, 3.8) is 0 Å². The van der Waals surface area contributed by atoms with Gasteiger partial charge in [-0.1, -0.05) is 0 Å². The molecule has 0 spiro atoms. The Hall–Kier alpha value is -1.73. The minimum Gasteiger partial charge on any atom is -0.478 e. The highest BCUT2D eigenvalue weighted by Crippen LogP contribution is 2.28. The summed E-state index contributed by atoms with van der Waals surface area (Å²) in [4.78, 5) is 11.8. The summed E-state index contributed by atoms with van der Waals surface area (Å²) < 4.78 is 27.3. The second-order valence-corrected chi connectivity index (χ2v) is 4.13. The maximum absolute atomic E-state index is 13.7. The first-order valence-electron chi connectivity index (χ1n) is 5.23. The van der Waals surface area contributed by atoms with E-state index in [4.69, 9.17) is 5.11 Å². The molecule has 1 saturated heterocycles. The summed E-state index contributed by atoms with van der Waals surface area (Å²) in [5.41, 5.74) is -0.926. The molecular weight excluding hydrogens is 248 g/mol. The second kappa shape index (κ2) is 4.51. The number of aromatic carboxylic acids is 1. The Morgan fingerprint density at radius 1 is 1.17 bits per heavy atom. The van der Waals surface area contributed by atoms with Crippen LogP contribution >= 0.6 is 0 Å². The minimum absolute atomic E-state index is 0.110. The fraction of sp³-hybridized carbons (Fsp3) is 0.364. The van der Waals surface area contributed by atoms with Crippen molar-refractivity contribution in [1.29, 1.82) is 0 Å². The molecule has 0 saturated carbocycles. The zero-order valence-electron chi connectivity index (χ0n) is 9.18. The lowest BCUT2D eigenvalue weighted by atomic mass is 10.1. The third-order valence-electron chi connectivity index (χ3n) is 2.84. The topological polar surface area (TPSA) is 81.0 Å². The molecule has 2 rings (SSSR count). The van der Waals surface area contributed by atoms with E-state index in [2.05, 4.69) is 0 Å². The predicted octanol–water partition coefficient (Wildman–Crippen LogP) is 0.205. The maximum atomic E-state index is 13.7. The number of carboxylic acids is 1. The first-order valence-corrected chi connectivity index (χ1v) is 5.23. The van der Waals surface area contributed by atoms with E-state index in [1.807, 2.05) is 0 Å². The molecule has 0 aliphatic carbocycles. The van der Waals surface area contributed by atoms with Gasteiger partial charge in [-0.3, -0.25) is 0 Å². The molecule has 0 aromatic heterocycles. The molecule has 7 heteroatoms. The van der Waals surface area contributed by atoms with E-state index in [1.165, 1.54) is 0 Å². The highest BCUT2D eigenvalue weighted by Gasteiger charge is 2.32. The summed E-state index contributed by atoms with van der Waals surface area (Å²) in [6.07, 6.45) is -2.16. The number of aliphatic hydroxyl groups is 2. The molecule has 18 heavy (non-hydrogen) atoms. The molecule has 1 aliphatic heterocycles. The lowest BCUT2D eigenvalue weighted by Gasteiger charge is -2.19. The number of rotatable bonds is 2. The summed E-state index contributed by atoms with van der Waals surface area (Å²) in [5, 5.41) is 27.3. The Morgan fingerprint density at radius 2 is 1.61 bits per heavy atom. The van der Waals surface area contributed by atoms with Crippen LogP contribution in [0.3, 0.4) is 0 Å². The van der Waals surface area contributed by atoms with Gasteiger partial charge in [0.05, 0.1) is 17.8 Å². The van der Waals surface area contributed by atoms with Crippen LogP contribution in [0.25, 0.3) is 0 Å². The van der Waals surface area contributed by atoms with Crippen molar-refractivity contribution in [3.05, 3.63) is 29.3 Å². The SMILES string of the molecule is O=C(O)c1cc(F)c(N2CC(O)C(O)C2)c(F)c1. The molecule has 0 radical (unpaired) electrons. The number of carboxylic acid groups (broad SMARTS) is 1. The number of aliphatic hydroxyl groups excluding tert-OH is 2. The number of carbonyl (C=O) groups is 1. The summed E-state index contributed by atoms with van der Waals surface area (Å²) in [6, 6.07) is 1.41. The molecule has 1 heterocycles. The first-order chi connectivity index (χ1) is 8.40. The fourth-order valence-electron chi connectivity index (χ4n) is 1.94. The van der Waals surface area contributed by atoms with Crippen LogP contribution in [0.5, 0.6) is 0 Å². The molecule has 98 valence electrons. The standard InChI is InChI=1S/C11H11F2NO4/c12-6-1-5(11(17)18)2-7(13)10(6)14-3-8(15)9(16)4-14/h1-2,8-9,15-16H,3-4H2,(H,17,18). The number of anilines is 1. The van der Waals surface area contributed by atoms with Crippen LogP contribution in [-0.2, 0) is 0 Å². The van der Waals surface area contributed by atoms with Crippen LogP contribution < -0.4 is 4.90 Å². The van der Waals surface area contributed by atoms with Crippen LogP contribution in [0.1, 0.15) is 10.4 Å². The number of halogens is 2. The van der Waals surface area contributed by atoms with Gasteiger partial charge in [-0.05, 0) is 12.1 Å². The van der Waals surface area contributed by atoms with Gasteiger partial charge in [0, 0.05) is 13.1 Å². The van der Waals surface area contributed by atoms with E-state index in [-0.39, 0.29) is 13.1 Å². The molecule has 1 aromatic rings. The summed E-state index contributed by atoms with van der Waals surface area (Å²) in [7, 11) is 0. The Balaban J connectivity index is 2.38. The van der Waals surface area contributed by atoms with Crippen LogP contribution in [0, 0.1) is 11.6 Å². The first kappa shape index (κ1) is 12.7. The molecule has 1 aromatic carbocycles. The smallest absolute Gasteiger partial charge is 0.335 e. The van der Waals surface area contributed by atoms with Gasteiger partial charge in [-0.15, -0.1) is 0 Å². The van der Waals surface area contributed by atoms with Gasteiger partial charge in [-0.25, -0.2) is 13.6 Å². The van der Waals surface area contributed by atoms with E-state index in [9.17, 15) is 23.8 Å². The van der Waals surface area contributed by atoms with Gasteiger partial charge in [0.2, 0.25) is 0 Å². The molecule has 0 bridgehead atoms. The number of nitrogens with zero attached hydrogens (tertiary/aromatic N) is 1. The largest absolute Gasteiger partial charge is 0.478 e. The lowest BCUT2D eigenvalue weighted by Crippen LogP contribution is -2.23. The van der Waals surface area contributed by atoms with Gasteiger partial charge in [-0.2, -0.15) is 0 Å². The van der Waals surface area contributed by atoms with Crippen LogP contribution in [0.4, 0.5) is 14.5 Å². The van der Waals surface area contributed by atoms with Crippen LogP contribution in [-0.4, -0.2) is 46.6 Å². The second-order valence-electron chi connectivity index (χ2n) is 4.13. The Labute approximate surface area is 101 Å². The molecule has 2 unspecified atom stereocenters. The van der Waals surface area contributed by atoms with Crippen LogP contribution in [0.15, 0.2) is 12.1 Å². The molecular formula is C11H11F2NO4. The Morgan fingerprint density at radius 3 is 2.00 bits per heavy atom. The average Bonchev–Trinajstić information content (AvgIpc) is 2.57. The van der Waals surface area contributed by atoms with Crippen molar-refractivity contribution in [1.82, 2.24) is 0 Å². The summed E-state index contributed by atoms with van der Waals surface area (Å²) in [6.45, 7) is -0.219. The molecule has 1 aliphatic rings. The number of hydrogen-bond acceptors (Lipinski definition) is 4. The van der Waals surface area contributed by atoms with Crippen molar-refractivity contribution in [2.45, 2.75) is 12.2 Å². The summed E-state index contributed by atoms with van der Waals surface area (Å²) in [5.74, 6) is -3.50. The molecule has 3 N–H and O–H groups in total. The van der Waals surface area contributed by atoms with Gasteiger partial charge >= 0.3 is 5.97 Å². The van der Waals surface area contributed by atoms with E-state index < -0.39 is 41.1 Å². The number of benzene rings is 1. The van der Waals surface area contributed by atoms with Crippen molar-refractivity contribution in [2.24, 2.45) is 0 Å². The Bertz CT molecular complexity index is 461. The third kappa shape index (κ3) is 2.14. The number of hydrogen-bond donors (Lipinski definition) is 3. The van der Waals surface area contributed by atoms with Gasteiger partial charge < -0.3 is 20.2 Å². The highest BCUT2D eigenvalue weighted by atomic mass is 19.1. The quantitative estimate of drug-likeness (QED) is 0.707. The van der Waals surface area contributed by atoms with E-state index in [0.29, 0.717) is 12.1 Å². The van der Waals surface area contributed by atoms with Crippen molar-refractivity contribution in [3.8, 4) is 0 Å². The average molecular weight is 259 g/mol. The lowest BCUT2D eigenvalue weighted by molar-refractivity contribution is 0.0572. The predicted molar refractivity (Wildman–Crippen MR) is 57.5 cm³/mol. The van der Waals surface area contributed by atoms with Gasteiger partial charge in [0.25, 0.3) is 0 Å². The monoisotopic (exact) mass is 259 g/mol. The molecule has 0 amide bonds. The van der Waals surface area contributed by atoms with Crippen LogP contribution in [0.2, 0.25) is 0 Å². The summed E-state index contributed by atoms with van der Waals surface area (Å²) >= 11 is 0. The minimum atomic E-state index is -1.43. The van der Waals surface area contributed by atoms with Gasteiger partial charge in [0.1, 0.15) is 17.3 Å². The normalized spacial score (nSPS) is 23.4. The Kier molecular flexibility index (Phi) is 3.18. The van der Waals surface area contributed by atoms with E-state index in [0.717, 1.165) is 4.90 Å². The van der Waals surface area contributed by atoms with E-state index in [1.54, 1.807) is 0 Å². The maximum Gasteiger partial charge on any atom is 0.335 e. The third-order valence-corrected chi connectivity index (χ3v) is 2.84. The molecule has 2 atom stereocenters. The van der Waals surface area contributed by atoms with E-state index >= 15 is 0 Å². The van der Waals surface area contributed by atoms with Crippen molar-refractivity contribution < 1.29 is 28.9 Å². The zero-order chi connectivity index (χ0) is 13.4. The van der Waals surface area contributed by atoms with Crippen molar-refractivity contribution >= 4 is 11.7 Å². The number of β-amino-alcohol motifs (C(OH)–C–C–N with tert-alkyl or cyclic N) is 2. The highest BCUT2D eigenvalue weighted by molar-refractivity contribution is 5.88. The van der Waals surface area contributed by atoms with Gasteiger partial charge in [0.15, 0.2) is 0 Å². The molecule has 5 nitrogen and oxygen atoms in total.